The van der Waals surface area contributed by atoms with Crippen LogP contribution in [-0.2, 0) is 30.4 Å². The van der Waals surface area contributed by atoms with Crippen molar-refractivity contribution >= 4 is 80.9 Å². The molecule has 0 radical (unpaired) electrons. The Morgan fingerprint density at radius 1 is 0.552 bits per heavy atom. The Balaban J connectivity index is 1.24. The summed E-state index contributed by atoms with van der Waals surface area (Å²) >= 11 is 9.73. The van der Waals surface area contributed by atoms with Crippen molar-refractivity contribution in [3.05, 3.63) is 184 Å². The molecule has 9 nitrogen and oxygen atoms in total. The lowest BCUT2D eigenvalue weighted by atomic mass is 10.1. The molecule has 1 aliphatic heterocycles. The summed E-state index contributed by atoms with van der Waals surface area (Å²) < 4.78 is 101. The molecule has 0 saturated heterocycles. The van der Waals surface area contributed by atoms with Crippen molar-refractivity contribution in [2.45, 2.75) is 27.5 Å². The van der Waals surface area contributed by atoms with Gasteiger partial charge < -0.3 is 0 Å². The van der Waals surface area contributed by atoms with Gasteiger partial charge in [-0.1, -0.05) is 96.2 Å². The molecule has 58 heavy (non-hydrogen) atoms. The fourth-order valence-electron chi connectivity index (χ4n) is 6.24. The second-order valence-electron chi connectivity index (χ2n) is 13.1. The van der Waals surface area contributed by atoms with Gasteiger partial charge in [0.2, 0.25) is 21.1 Å². The molecule has 0 saturated carbocycles. The van der Waals surface area contributed by atoms with Crippen molar-refractivity contribution in [2.24, 2.45) is 0 Å². The fraction of sp³-hybridized carbons (Fsp3) is 0.0465. The van der Waals surface area contributed by atoms with Crippen molar-refractivity contribution in [1.82, 2.24) is 0 Å². The monoisotopic (exact) mass is 887 g/mol. The maximum Gasteiger partial charge on any atom is 0.294 e. The first-order valence-electron chi connectivity index (χ1n) is 17.4. The molecule has 0 unspecified atom stereocenters. The minimum atomic E-state index is -4.48. The lowest BCUT2D eigenvalue weighted by molar-refractivity contribution is 0.481. The van der Waals surface area contributed by atoms with E-state index in [0.717, 1.165) is 32.0 Å². The van der Waals surface area contributed by atoms with E-state index in [1.807, 2.05) is 78.9 Å². The summed E-state index contributed by atoms with van der Waals surface area (Å²) in [5.41, 5.74) is 5.97. The normalized spacial score (nSPS) is 15.9. The third-order valence-electron chi connectivity index (χ3n) is 9.12. The summed E-state index contributed by atoms with van der Waals surface area (Å²) in [5.74, 6) is 0. The molecule has 2 aliphatic rings. The molecule has 2 heterocycles. The lowest BCUT2D eigenvalue weighted by Crippen LogP contribution is -2.00. The summed E-state index contributed by atoms with van der Waals surface area (Å²) in [4.78, 5) is 2.26. The van der Waals surface area contributed by atoms with Gasteiger partial charge in [0, 0.05) is 38.1 Å². The van der Waals surface area contributed by atoms with E-state index in [1.54, 1.807) is 24.3 Å². The fourth-order valence-corrected chi connectivity index (χ4v) is 10.4. The van der Waals surface area contributed by atoms with Crippen molar-refractivity contribution in [2.75, 3.05) is 0 Å². The summed E-state index contributed by atoms with van der Waals surface area (Å²) in [7, 11) is -13.4. The zero-order chi connectivity index (χ0) is 41.2. The maximum absolute atomic E-state index is 11.9. The average molecular weight is 889 g/mol. The highest BCUT2D eigenvalue weighted by atomic mass is 35.5. The van der Waals surface area contributed by atoms with Crippen molar-refractivity contribution in [1.29, 1.82) is 0 Å². The first-order valence-corrected chi connectivity index (χ1v) is 23.7. The molecule has 3 N–H and O–H groups in total. The quantitative estimate of drug-likeness (QED) is 0.0908. The second-order valence-corrected chi connectivity index (χ2v) is 20.0. The van der Waals surface area contributed by atoms with Crippen LogP contribution in [0.15, 0.2) is 182 Å². The van der Waals surface area contributed by atoms with Gasteiger partial charge in [0.05, 0.1) is 14.7 Å². The molecular weight excluding hydrogens is 856 g/mol. The largest absolute Gasteiger partial charge is 0.294 e. The molecule has 1 aliphatic carbocycles. The van der Waals surface area contributed by atoms with Crippen molar-refractivity contribution < 1.29 is 38.9 Å². The second kappa shape index (κ2) is 16.9. The van der Waals surface area contributed by atoms with Gasteiger partial charge in [-0.15, -0.1) is 0 Å². The van der Waals surface area contributed by atoms with Crippen LogP contribution in [0.25, 0.3) is 36.8 Å². The summed E-state index contributed by atoms with van der Waals surface area (Å²) in [6.07, 6.45) is 12.7. The molecule has 5 aromatic rings. The van der Waals surface area contributed by atoms with E-state index >= 15 is 0 Å². The van der Waals surface area contributed by atoms with Gasteiger partial charge in [-0.25, -0.2) is 0 Å². The molecule has 4 aromatic carbocycles. The molecule has 0 amide bonds. The van der Waals surface area contributed by atoms with Crippen LogP contribution in [0.2, 0.25) is 0 Å². The van der Waals surface area contributed by atoms with Crippen LogP contribution in [0, 0.1) is 0 Å². The van der Waals surface area contributed by atoms with E-state index in [-0.39, 0.29) is 14.7 Å². The molecule has 0 atom stereocenters. The first-order chi connectivity index (χ1) is 27.5. The standard InChI is InChI=1S/C43H31ClO9S5/c44-43-31(17-15-28-21-39(30-7-2-1-3-8-30)54-40(22-28)33-9-4-12-36(25-33)56(45,46)47)19-20-32(43)18-16-29-23-41(34-10-5-13-37(26-34)57(48,49)50)55-42(24-29)35-11-6-14-38(27-35)58(51,52)53/h1-18,21-27H,19-20H2,(H2-,45,46,47,48,49,50,51,52,53)/p+1. The smallest absolute Gasteiger partial charge is 0.282 e. The Morgan fingerprint density at radius 3 is 1.57 bits per heavy atom. The van der Waals surface area contributed by atoms with Crippen LogP contribution in [0.4, 0.5) is 0 Å². The number of benzene rings is 4. The van der Waals surface area contributed by atoms with E-state index in [1.165, 1.54) is 71.6 Å². The number of rotatable bonds is 10. The van der Waals surface area contributed by atoms with Gasteiger partial charge in [0.25, 0.3) is 30.4 Å². The highest BCUT2D eigenvalue weighted by Crippen LogP contribution is 2.45. The third-order valence-corrected chi connectivity index (χ3v) is 14.4. The summed E-state index contributed by atoms with van der Waals surface area (Å²) in [6.45, 7) is 0. The highest BCUT2D eigenvalue weighted by molar-refractivity contribution is 8.16. The predicted molar refractivity (Wildman–Crippen MR) is 233 cm³/mol. The number of hydrogen-bond donors (Lipinski definition) is 3. The molecule has 0 fully saturated rings. The predicted octanol–water partition coefficient (Wildman–Crippen LogP) is 11.1. The Morgan fingerprint density at radius 2 is 1.03 bits per heavy atom. The number of allylic oxidation sites excluding steroid dienone is 9. The molecule has 15 heteroatoms. The van der Waals surface area contributed by atoms with Crippen LogP contribution in [0.1, 0.15) is 29.5 Å². The zero-order valence-electron chi connectivity index (χ0n) is 30.1. The number of halogens is 1. The molecule has 7 rings (SSSR count). The van der Waals surface area contributed by atoms with Gasteiger partial charge in [-0.05, 0) is 113 Å². The number of hydrogen-bond acceptors (Lipinski definition) is 7. The van der Waals surface area contributed by atoms with Crippen LogP contribution < -0.4 is 0 Å². The van der Waals surface area contributed by atoms with Crippen LogP contribution in [-0.4, -0.2) is 38.9 Å². The topological polar surface area (TPSA) is 163 Å². The molecule has 294 valence electrons. The first kappa shape index (κ1) is 41.4. The van der Waals surface area contributed by atoms with Gasteiger partial charge in [-0.3, -0.25) is 13.7 Å². The molecule has 1 aromatic heterocycles. The summed E-state index contributed by atoms with van der Waals surface area (Å²) in [5, 5.41) is 0.580. The Hall–Kier alpha value is -4.74. The molecule has 0 spiro atoms. The Kier molecular flexibility index (Phi) is 12.0. The molecule has 0 bridgehead atoms. The van der Waals surface area contributed by atoms with Crippen LogP contribution in [0.5, 0.6) is 0 Å². The number of thioether (sulfide) groups is 1. The maximum atomic E-state index is 11.9. The van der Waals surface area contributed by atoms with Gasteiger partial charge in [-0.2, -0.15) is 25.3 Å². The van der Waals surface area contributed by atoms with Crippen molar-refractivity contribution in [3.8, 4) is 20.9 Å². The minimum absolute atomic E-state index is 0.195. The Bertz CT molecular complexity index is 2910. The Labute approximate surface area is 350 Å². The average Bonchev–Trinajstić information content (AvgIpc) is 3.56. The van der Waals surface area contributed by atoms with Crippen molar-refractivity contribution in [3.63, 3.8) is 0 Å². The minimum Gasteiger partial charge on any atom is -0.282 e. The van der Waals surface area contributed by atoms with E-state index in [0.29, 0.717) is 49.9 Å². The lowest BCUT2D eigenvalue weighted by Gasteiger charge is -2.18. The molecular formula is C43H32ClO9S5+. The van der Waals surface area contributed by atoms with Crippen LogP contribution >= 0.6 is 34.7 Å². The van der Waals surface area contributed by atoms with Gasteiger partial charge in [0.15, 0.2) is 0 Å². The van der Waals surface area contributed by atoms with Gasteiger partial charge in [0.1, 0.15) is 0 Å². The third kappa shape index (κ3) is 9.92. The van der Waals surface area contributed by atoms with E-state index in [9.17, 15) is 38.9 Å². The van der Waals surface area contributed by atoms with E-state index in [2.05, 4.69) is 0 Å². The van der Waals surface area contributed by atoms with E-state index < -0.39 is 30.4 Å². The SMILES string of the molecule is O=S(=O)(O)c1cccc(C2=CC(=C/C=C3\CCC(/C=C/c4cc(-c5ccccc5)[s+]c(-c5cccc(S(=O)(=O)O)c5)c4)=C3Cl)C=C(c3cccc(S(=O)(=O)O)c3)S2)c1. The zero-order valence-corrected chi connectivity index (χ0v) is 34.9. The van der Waals surface area contributed by atoms with E-state index in [4.69, 9.17) is 11.6 Å². The van der Waals surface area contributed by atoms with Gasteiger partial charge >= 0.3 is 0 Å². The summed E-state index contributed by atoms with van der Waals surface area (Å²) in [6, 6.07) is 31.7. The van der Waals surface area contributed by atoms with Crippen LogP contribution in [0.3, 0.4) is 0 Å². The highest BCUT2D eigenvalue weighted by Gasteiger charge is 2.22.